The zero-order valence-corrected chi connectivity index (χ0v) is 24.6. The van der Waals surface area contributed by atoms with Gasteiger partial charge in [0.05, 0.1) is 0 Å². The Bertz CT molecular complexity index is 697. The molecule has 0 aliphatic heterocycles. The Hall–Kier alpha value is 0.950. The van der Waals surface area contributed by atoms with Gasteiger partial charge in [0, 0.05) is 13.0 Å². The van der Waals surface area contributed by atoms with Gasteiger partial charge in [0.15, 0.2) is 0 Å². The second-order valence-electron chi connectivity index (χ2n) is 4.91. The number of halogens is 1. The molecule has 0 fully saturated rings. The van der Waals surface area contributed by atoms with E-state index in [0.29, 0.717) is 6.42 Å². The van der Waals surface area contributed by atoms with Gasteiger partial charge >= 0.3 is 88.7 Å². The van der Waals surface area contributed by atoms with E-state index in [4.69, 9.17) is 19.2 Å². The summed E-state index contributed by atoms with van der Waals surface area (Å²) in [5.41, 5.74) is 2.80. The molecular formula is C18H22FNNa3O5P. The monoisotopic (exact) mass is 451 g/mol. The van der Waals surface area contributed by atoms with Crippen LogP contribution in [0.4, 0.5) is 4.39 Å². The summed E-state index contributed by atoms with van der Waals surface area (Å²) < 4.78 is 21.2. The van der Waals surface area contributed by atoms with Gasteiger partial charge in [-0.15, -0.1) is 0 Å². The first kappa shape index (κ1) is 37.3. The van der Waals surface area contributed by atoms with Gasteiger partial charge in [0.25, 0.3) is 0 Å². The minimum absolute atomic E-state index is 0. The second-order valence-corrected chi connectivity index (χ2v) is 5.81. The van der Waals surface area contributed by atoms with Crippen molar-refractivity contribution in [1.82, 2.24) is 5.32 Å². The van der Waals surface area contributed by atoms with E-state index in [1.54, 1.807) is 0 Å². The summed E-state index contributed by atoms with van der Waals surface area (Å²) in [5, 5.41) is 2.66. The van der Waals surface area contributed by atoms with E-state index in [2.05, 4.69) is 5.32 Å². The zero-order chi connectivity index (χ0) is 20.0. The standard InChI is InChI=1S/C13H11F.C5H11NO.3Na.H3O4P/c14-10-12-8-4-5-9-13(12)11-6-2-1-3-7-11;1-3-5(7)6-4-2;;;;1-5(2,3)4/h1-9H,10H2;3-4H2,1-2H3,(H,6,7);;;;(H3,1,2,3,4)/q;;3*+1;/p-3. The molecule has 0 unspecified atom stereocenters. The Morgan fingerprint density at radius 3 is 1.76 bits per heavy atom. The molecule has 6 nitrogen and oxygen atoms in total. The second kappa shape index (κ2) is 22.2. The van der Waals surface area contributed by atoms with Crippen LogP contribution in [-0.4, -0.2) is 12.5 Å². The van der Waals surface area contributed by atoms with Crippen LogP contribution < -0.4 is 109 Å². The molecule has 2 rings (SSSR count). The Labute approximate surface area is 238 Å². The van der Waals surface area contributed by atoms with E-state index in [0.717, 1.165) is 23.2 Å². The van der Waals surface area contributed by atoms with Crippen molar-refractivity contribution in [2.45, 2.75) is 26.9 Å². The minimum atomic E-state index is -5.39. The number of benzene rings is 2. The van der Waals surface area contributed by atoms with Crippen molar-refractivity contribution in [1.29, 1.82) is 0 Å². The molecule has 2 aromatic rings. The fourth-order valence-electron chi connectivity index (χ4n) is 1.86. The Kier molecular flexibility index (Phi) is 28.5. The molecule has 1 N–H and O–H groups in total. The molecule has 1 amide bonds. The topological polar surface area (TPSA) is 115 Å². The van der Waals surface area contributed by atoms with Gasteiger partial charge in [-0.2, -0.15) is 7.82 Å². The van der Waals surface area contributed by atoms with Crippen LogP contribution in [-0.2, 0) is 16.0 Å². The van der Waals surface area contributed by atoms with Crippen molar-refractivity contribution >= 4 is 13.7 Å². The number of carbonyl (C=O) groups is 1. The first-order chi connectivity index (χ1) is 12.2. The van der Waals surface area contributed by atoms with Gasteiger partial charge < -0.3 is 24.6 Å². The molecule has 0 saturated carbocycles. The average Bonchev–Trinajstić information content (AvgIpc) is 2.61. The number of nitrogens with one attached hydrogen (secondary N) is 1. The van der Waals surface area contributed by atoms with Crippen molar-refractivity contribution in [3.63, 3.8) is 0 Å². The molecule has 29 heavy (non-hydrogen) atoms. The Morgan fingerprint density at radius 1 is 0.931 bits per heavy atom. The van der Waals surface area contributed by atoms with Gasteiger partial charge in [-0.3, -0.25) is 4.79 Å². The third kappa shape index (κ3) is 22.0. The molecule has 0 radical (unpaired) electrons. The van der Waals surface area contributed by atoms with Gasteiger partial charge in [-0.1, -0.05) is 61.5 Å². The smallest absolute Gasteiger partial charge is 0.822 e. The van der Waals surface area contributed by atoms with Crippen molar-refractivity contribution in [3.8, 4) is 11.1 Å². The minimum Gasteiger partial charge on any atom is -0.822 e. The molecular weight excluding hydrogens is 429 g/mol. The predicted octanol–water partition coefficient (Wildman–Crippen LogP) is -7.46. The quantitative estimate of drug-likeness (QED) is 0.367. The van der Waals surface area contributed by atoms with E-state index in [1.165, 1.54) is 0 Å². The van der Waals surface area contributed by atoms with Crippen LogP contribution >= 0.6 is 7.82 Å². The number of carbonyl (C=O) groups excluding carboxylic acids is 1. The van der Waals surface area contributed by atoms with Gasteiger partial charge in [-0.25, -0.2) is 4.39 Å². The predicted molar refractivity (Wildman–Crippen MR) is 93.3 cm³/mol. The molecule has 0 aliphatic carbocycles. The van der Waals surface area contributed by atoms with E-state index in [-0.39, 0.29) is 94.6 Å². The first-order valence-electron chi connectivity index (χ1n) is 7.91. The van der Waals surface area contributed by atoms with E-state index in [9.17, 15) is 9.18 Å². The van der Waals surface area contributed by atoms with Crippen LogP contribution in [0, 0.1) is 0 Å². The summed E-state index contributed by atoms with van der Waals surface area (Å²) in [7, 11) is -5.39. The van der Waals surface area contributed by atoms with Crippen LogP contribution in [0.15, 0.2) is 54.6 Å². The fourth-order valence-corrected chi connectivity index (χ4v) is 1.86. The van der Waals surface area contributed by atoms with Crippen LogP contribution in [0.25, 0.3) is 11.1 Å². The van der Waals surface area contributed by atoms with Crippen molar-refractivity contribution in [2.75, 3.05) is 6.54 Å². The number of amides is 1. The first-order valence-corrected chi connectivity index (χ1v) is 9.38. The van der Waals surface area contributed by atoms with E-state index in [1.807, 2.05) is 68.4 Å². The third-order valence-electron chi connectivity index (χ3n) is 2.94. The van der Waals surface area contributed by atoms with Gasteiger partial charge in [-0.05, 0) is 23.6 Å². The van der Waals surface area contributed by atoms with E-state index < -0.39 is 14.5 Å². The Morgan fingerprint density at radius 2 is 1.38 bits per heavy atom. The summed E-state index contributed by atoms with van der Waals surface area (Å²) in [4.78, 5) is 35.9. The molecule has 0 aliphatic rings. The summed E-state index contributed by atoms with van der Waals surface area (Å²) in [5.74, 6) is 0.127. The van der Waals surface area contributed by atoms with Crippen LogP contribution in [0.5, 0.6) is 0 Å². The maximum atomic E-state index is 12.7. The number of alkyl halides is 1. The van der Waals surface area contributed by atoms with Crippen LogP contribution in [0.1, 0.15) is 25.8 Å². The fraction of sp³-hybridized carbons (Fsp3) is 0.278. The third-order valence-corrected chi connectivity index (χ3v) is 2.94. The maximum Gasteiger partial charge on any atom is 1.00 e. The Balaban J connectivity index is -0.000000180. The van der Waals surface area contributed by atoms with E-state index >= 15 is 0 Å². The molecule has 0 spiro atoms. The number of hydrogen-bond acceptors (Lipinski definition) is 5. The molecule has 0 atom stereocenters. The van der Waals surface area contributed by atoms with Crippen molar-refractivity contribution < 1.29 is 117 Å². The van der Waals surface area contributed by atoms with Gasteiger partial charge in [0.1, 0.15) is 6.67 Å². The van der Waals surface area contributed by atoms with Crippen LogP contribution in [0.2, 0.25) is 0 Å². The van der Waals surface area contributed by atoms with Crippen molar-refractivity contribution in [3.05, 3.63) is 60.2 Å². The number of phosphoric acid groups is 1. The summed E-state index contributed by atoms with van der Waals surface area (Å²) in [6.45, 7) is 4.08. The van der Waals surface area contributed by atoms with Gasteiger partial charge in [0.2, 0.25) is 5.91 Å². The molecule has 0 saturated heterocycles. The number of rotatable bonds is 4. The van der Waals surface area contributed by atoms with Crippen LogP contribution in [0.3, 0.4) is 0 Å². The zero-order valence-electron chi connectivity index (χ0n) is 17.7. The molecule has 0 aromatic heterocycles. The number of hydrogen-bond donors (Lipinski definition) is 1. The molecule has 144 valence electrons. The van der Waals surface area contributed by atoms with Crippen molar-refractivity contribution in [2.24, 2.45) is 0 Å². The summed E-state index contributed by atoms with van der Waals surface area (Å²) >= 11 is 0. The SMILES string of the molecule is CCNC(=O)CC.FCc1ccccc1-c1ccccc1.O=P([O-])([O-])[O-].[Na+].[Na+].[Na+]. The summed E-state index contributed by atoms with van der Waals surface area (Å²) in [6.07, 6.45) is 0.591. The average molecular weight is 451 g/mol. The maximum absolute atomic E-state index is 12.7. The molecule has 2 aromatic carbocycles. The normalized spacial score (nSPS) is 8.90. The largest absolute Gasteiger partial charge is 1.00 e. The molecule has 11 heteroatoms. The molecule has 0 bridgehead atoms. The summed E-state index contributed by atoms with van der Waals surface area (Å²) in [6, 6.07) is 17.4. The molecule has 0 heterocycles.